The third-order valence-electron chi connectivity index (χ3n) is 6.14. The summed E-state index contributed by atoms with van der Waals surface area (Å²) < 4.78 is 7.34. The van der Waals surface area contributed by atoms with Crippen molar-refractivity contribution in [3.05, 3.63) is 70.0 Å². The van der Waals surface area contributed by atoms with Crippen LogP contribution in [0.2, 0.25) is 0 Å². The van der Waals surface area contributed by atoms with Crippen molar-refractivity contribution in [2.24, 2.45) is 0 Å². The van der Waals surface area contributed by atoms with Gasteiger partial charge in [0.05, 0.1) is 24.7 Å². The van der Waals surface area contributed by atoms with Gasteiger partial charge in [0, 0.05) is 41.9 Å². The molecule has 1 saturated carbocycles. The van der Waals surface area contributed by atoms with Gasteiger partial charge in [0.2, 0.25) is 5.91 Å². The minimum Gasteiger partial charge on any atom is -0.496 e. The zero-order valence-electron chi connectivity index (χ0n) is 18.2. The number of rotatable bonds is 6. The first-order chi connectivity index (χ1) is 15.4. The van der Waals surface area contributed by atoms with Crippen LogP contribution in [0.4, 0.5) is 5.69 Å². The van der Waals surface area contributed by atoms with E-state index in [2.05, 4.69) is 0 Å². The number of nitrogens with zero attached hydrogens (tertiary/aromatic N) is 2. The summed E-state index contributed by atoms with van der Waals surface area (Å²) in [4.78, 5) is 38.1. The molecule has 0 radical (unpaired) electrons. The SMILES string of the molecule is COc1cc(C(=O)O)ccc1Cn1ccc(=O)c2ccc(N(C(C)=O)C3CCCC3)cc21. The molecule has 1 N–H and O–H groups in total. The first kappa shape index (κ1) is 21.6. The second-order valence-corrected chi connectivity index (χ2v) is 8.17. The summed E-state index contributed by atoms with van der Waals surface area (Å²) in [5.41, 5.74) is 2.33. The Bertz CT molecular complexity index is 1240. The van der Waals surface area contributed by atoms with Crippen molar-refractivity contribution in [1.29, 1.82) is 0 Å². The Morgan fingerprint density at radius 2 is 1.88 bits per heavy atom. The molecule has 4 rings (SSSR count). The van der Waals surface area contributed by atoms with Crippen LogP contribution >= 0.6 is 0 Å². The molecule has 32 heavy (non-hydrogen) atoms. The number of carboxylic acids is 1. The molecule has 1 heterocycles. The molecule has 0 bridgehead atoms. The van der Waals surface area contributed by atoms with Crippen molar-refractivity contribution in [1.82, 2.24) is 4.57 Å². The second-order valence-electron chi connectivity index (χ2n) is 8.17. The third-order valence-corrected chi connectivity index (χ3v) is 6.14. The quantitative estimate of drug-likeness (QED) is 0.632. The number of aromatic carboxylic acids is 1. The number of benzene rings is 2. The Morgan fingerprint density at radius 3 is 2.53 bits per heavy atom. The predicted molar refractivity (Wildman–Crippen MR) is 123 cm³/mol. The summed E-state index contributed by atoms with van der Waals surface area (Å²) in [5, 5.41) is 9.81. The minimum absolute atomic E-state index is 0.00740. The van der Waals surface area contributed by atoms with Crippen LogP contribution in [0, 0.1) is 0 Å². The number of hydrogen-bond acceptors (Lipinski definition) is 4. The van der Waals surface area contributed by atoms with Gasteiger partial charge in [-0.1, -0.05) is 18.9 Å². The lowest BCUT2D eigenvalue weighted by Gasteiger charge is -2.28. The van der Waals surface area contributed by atoms with E-state index in [1.165, 1.54) is 25.3 Å². The van der Waals surface area contributed by atoms with E-state index < -0.39 is 5.97 Å². The minimum atomic E-state index is -1.02. The Labute approximate surface area is 185 Å². The summed E-state index contributed by atoms with van der Waals surface area (Å²) in [7, 11) is 1.50. The Hall–Kier alpha value is -3.61. The van der Waals surface area contributed by atoms with Gasteiger partial charge in [-0.3, -0.25) is 9.59 Å². The van der Waals surface area contributed by atoms with Crippen LogP contribution in [0.15, 0.2) is 53.5 Å². The fraction of sp³-hybridized carbons (Fsp3) is 0.320. The van der Waals surface area contributed by atoms with Gasteiger partial charge in [0.1, 0.15) is 5.75 Å². The van der Waals surface area contributed by atoms with Crippen LogP contribution in [-0.4, -0.2) is 34.7 Å². The molecule has 0 aliphatic heterocycles. The van der Waals surface area contributed by atoms with Crippen LogP contribution in [0.1, 0.15) is 48.5 Å². The monoisotopic (exact) mass is 434 g/mol. The lowest BCUT2D eigenvalue weighted by molar-refractivity contribution is -0.117. The van der Waals surface area contributed by atoms with Gasteiger partial charge < -0.3 is 19.3 Å². The van der Waals surface area contributed by atoms with E-state index in [0.717, 1.165) is 36.9 Å². The lowest BCUT2D eigenvalue weighted by atomic mass is 10.1. The molecule has 3 aromatic rings. The lowest BCUT2D eigenvalue weighted by Crippen LogP contribution is -2.37. The highest BCUT2D eigenvalue weighted by Crippen LogP contribution is 2.30. The van der Waals surface area contributed by atoms with E-state index in [1.54, 1.807) is 25.3 Å². The van der Waals surface area contributed by atoms with Gasteiger partial charge in [-0.15, -0.1) is 0 Å². The number of aromatic nitrogens is 1. The molecular formula is C25H26N2O5. The van der Waals surface area contributed by atoms with E-state index in [9.17, 15) is 19.5 Å². The molecule has 0 saturated heterocycles. The van der Waals surface area contributed by atoms with E-state index in [1.807, 2.05) is 21.6 Å². The van der Waals surface area contributed by atoms with Crippen molar-refractivity contribution in [2.45, 2.75) is 45.2 Å². The molecule has 1 aliphatic carbocycles. The van der Waals surface area contributed by atoms with E-state index in [0.29, 0.717) is 23.2 Å². The molecule has 1 amide bonds. The van der Waals surface area contributed by atoms with Crippen molar-refractivity contribution in [2.75, 3.05) is 12.0 Å². The highest BCUT2D eigenvalue weighted by molar-refractivity contribution is 5.95. The molecule has 1 aromatic heterocycles. The number of pyridine rings is 1. The Morgan fingerprint density at radius 1 is 1.12 bits per heavy atom. The zero-order chi connectivity index (χ0) is 22.8. The smallest absolute Gasteiger partial charge is 0.335 e. The van der Waals surface area contributed by atoms with Crippen LogP contribution in [-0.2, 0) is 11.3 Å². The zero-order valence-corrected chi connectivity index (χ0v) is 18.2. The number of ether oxygens (including phenoxy) is 1. The largest absolute Gasteiger partial charge is 0.496 e. The maximum absolute atomic E-state index is 12.5. The summed E-state index contributed by atoms with van der Waals surface area (Å²) >= 11 is 0. The molecule has 1 aliphatic rings. The average Bonchev–Trinajstić information content (AvgIpc) is 3.30. The van der Waals surface area contributed by atoms with Gasteiger partial charge in [-0.25, -0.2) is 4.79 Å². The van der Waals surface area contributed by atoms with Crippen molar-refractivity contribution < 1.29 is 19.4 Å². The normalized spacial score (nSPS) is 13.9. The number of carbonyl (C=O) groups is 2. The molecule has 7 nitrogen and oxygen atoms in total. The van der Waals surface area contributed by atoms with Gasteiger partial charge in [-0.2, -0.15) is 0 Å². The molecule has 166 valence electrons. The van der Waals surface area contributed by atoms with E-state index >= 15 is 0 Å². The molecule has 0 spiro atoms. The van der Waals surface area contributed by atoms with Crippen LogP contribution < -0.4 is 15.1 Å². The van der Waals surface area contributed by atoms with Crippen LogP contribution in [0.5, 0.6) is 5.75 Å². The van der Waals surface area contributed by atoms with Gasteiger partial charge >= 0.3 is 5.97 Å². The maximum atomic E-state index is 12.5. The standard InChI is InChI=1S/C25H26N2O5/c1-16(28)27(19-5-3-4-6-19)20-9-10-21-22(14-20)26(12-11-23(21)29)15-18-8-7-17(25(30)31)13-24(18)32-2/h7-14,19H,3-6,15H2,1-2H3,(H,30,31). The molecule has 1 fully saturated rings. The predicted octanol–water partition coefficient (Wildman–Crippen LogP) is 4.05. The number of carboxylic acid groups (broad SMARTS) is 1. The molecule has 2 aromatic carbocycles. The van der Waals surface area contributed by atoms with Gasteiger partial charge in [-0.05, 0) is 43.2 Å². The summed E-state index contributed by atoms with van der Waals surface area (Å²) in [6.07, 6.45) is 5.89. The summed E-state index contributed by atoms with van der Waals surface area (Å²) in [6, 6.07) is 12.0. The molecule has 0 unspecified atom stereocenters. The maximum Gasteiger partial charge on any atom is 0.335 e. The fourth-order valence-corrected chi connectivity index (χ4v) is 4.59. The highest BCUT2D eigenvalue weighted by Gasteiger charge is 2.26. The topological polar surface area (TPSA) is 88.8 Å². The Balaban J connectivity index is 1.79. The molecule has 7 heteroatoms. The summed E-state index contributed by atoms with van der Waals surface area (Å²) in [6.45, 7) is 1.96. The number of hydrogen-bond donors (Lipinski definition) is 1. The number of anilines is 1. The number of carbonyl (C=O) groups excluding carboxylic acids is 1. The van der Waals surface area contributed by atoms with Gasteiger partial charge in [0.15, 0.2) is 5.43 Å². The fourth-order valence-electron chi connectivity index (χ4n) is 4.59. The number of methoxy groups -OCH3 is 1. The van der Waals surface area contributed by atoms with Crippen molar-refractivity contribution in [3.8, 4) is 5.75 Å². The van der Waals surface area contributed by atoms with Crippen LogP contribution in [0.3, 0.4) is 0 Å². The van der Waals surface area contributed by atoms with Gasteiger partial charge in [0.25, 0.3) is 0 Å². The van der Waals surface area contributed by atoms with E-state index in [4.69, 9.17) is 4.74 Å². The molecular weight excluding hydrogens is 408 g/mol. The first-order valence-corrected chi connectivity index (χ1v) is 10.7. The van der Waals surface area contributed by atoms with Crippen LogP contribution in [0.25, 0.3) is 10.9 Å². The highest BCUT2D eigenvalue weighted by atomic mass is 16.5. The first-order valence-electron chi connectivity index (χ1n) is 10.7. The van der Waals surface area contributed by atoms with E-state index in [-0.39, 0.29) is 22.9 Å². The average molecular weight is 434 g/mol. The van der Waals surface area contributed by atoms with Crippen molar-refractivity contribution >= 4 is 28.5 Å². The number of fused-ring (bicyclic) bond motifs is 1. The second kappa shape index (κ2) is 8.86. The third kappa shape index (κ3) is 4.10. The Kier molecular flexibility index (Phi) is 5.99. The van der Waals surface area contributed by atoms with Crippen molar-refractivity contribution in [3.63, 3.8) is 0 Å². The summed E-state index contributed by atoms with van der Waals surface area (Å²) in [5.74, 6) is -0.569. The number of amides is 1. The molecule has 0 atom stereocenters.